The van der Waals surface area contributed by atoms with E-state index in [-0.39, 0.29) is 0 Å². The third kappa shape index (κ3) is 2.02. The van der Waals surface area contributed by atoms with Gasteiger partial charge in [-0.1, -0.05) is 38.5 Å². The third-order valence-corrected chi connectivity index (χ3v) is 3.16. The van der Waals surface area contributed by atoms with Crippen molar-refractivity contribution in [1.29, 1.82) is 0 Å². The summed E-state index contributed by atoms with van der Waals surface area (Å²) in [5, 5.41) is 0. The Bertz CT molecular complexity index is 107. The van der Waals surface area contributed by atoms with Crippen molar-refractivity contribution in [2.24, 2.45) is 0 Å². The third-order valence-electron chi connectivity index (χ3n) is 3.16. The average molecular weight is 150 g/mol. The lowest BCUT2D eigenvalue weighted by Crippen LogP contribution is -2.21. The molecule has 0 unspecified atom stereocenters. The molecule has 0 aromatic carbocycles. The summed E-state index contributed by atoms with van der Waals surface area (Å²) in [5.74, 6) is 1.85. The van der Waals surface area contributed by atoms with Crippen molar-refractivity contribution < 1.29 is 4.57 Å². The number of hydrogen-bond donors (Lipinski definition) is 0. The molecule has 0 aromatic heterocycles. The van der Waals surface area contributed by atoms with Crippen LogP contribution >= 0.6 is 0 Å². The van der Waals surface area contributed by atoms with Crippen LogP contribution in [0, 0.1) is 0 Å². The molecule has 0 aliphatic heterocycles. The topological polar surface area (TPSA) is 9.23 Å². The van der Waals surface area contributed by atoms with Crippen LogP contribution in [0.15, 0.2) is 0 Å². The van der Waals surface area contributed by atoms with E-state index in [1.165, 1.54) is 38.5 Å². The maximum Gasteiger partial charge on any atom is 0.260 e. The van der Waals surface area contributed by atoms with Crippen molar-refractivity contribution in [3.05, 3.63) is 0 Å². The smallest absolute Gasteiger partial charge is 0.260 e. The van der Waals surface area contributed by atoms with Gasteiger partial charge in [-0.2, -0.15) is 0 Å². The normalized spacial score (nSPS) is 25.5. The van der Waals surface area contributed by atoms with Crippen LogP contribution < -0.4 is 0 Å². The summed E-state index contributed by atoms with van der Waals surface area (Å²) in [6.07, 6.45) is 8.57. The highest BCUT2D eigenvalue weighted by molar-refractivity contribution is 6.45. The Hall–Kier alpha value is 0.0899. The van der Waals surface area contributed by atoms with Gasteiger partial charge in [-0.3, -0.25) is 0 Å². The summed E-state index contributed by atoms with van der Waals surface area (Å²) in [6, 6.07) is 0. The molecule has 0 saturated heterocycles. The Balaban J connectivity index is 1.46. The Morgan fingerprint density at radius 1 is 0.818 bits per heavy atom. The second kappa shape index (κ2) is 3.66. The van der Waals surface area contributed by atoms with Gasteiger partial charge in [-0.15, -0.1) is 0 Å². The zero-order valence-electron chi connectivity index (χ0n) is 7.22. The Morgan fingerprint density at radius 2 is 1.27 bits per heavy atom. The first-order valence-corrected chi connectivity index (χ1v) is 5.03. The Kier molecular flexibility index (Phi) is 2.57. The molecular weight excluding hydrogens is 134 g/mol. The Morgan fingerprint density at radius 3 is 1.55 bits per heavy atom. The lowest BCUT2D eigenvalue weighted by atomic mass is 9.61. The predicted octanol–water partition coefficient (Wildman–Crippen LogP) is 1.65. The number of rotatable bonds is 4. The van der Waals surface area contributed by atoms with Crippen LogP contribution in [0.3, 0.4) is 0 Å². The molecule has 0 atom stereocenters. The molecule has 0 spiro atoms. The van der Waals surface area contributed by atoms with E-state index in [0.29, 0.717) is 0 Å². The van der Waals surface area contributed by atoms with E-state index in [1.54, 1.807) is 0 Å². The van der Waals surface area contributed by atoms with Gasteiger partial charge in [-0.05, 0) is 11.6 Å². The van der Waals surface area contributed by atoms with E-state index in [2.05, 4.69) is 0 Å². The van der Waals surface area contributed by atoms with E-state index in [0.717, 1.165) is 26.6 Å². The molecule has 3 heteroatoms. The molecule has 2 saturated carbocycles. The van der Waals surface area contributed by atoms with Crippen molar-refractivity contribution in [2.75, 3.05) is 0 Å². The molecule has 0 N–H and O–H groups in total. The molecule has 2 aliphatic rings. The van der Waals surface area contributed by atoms with Crippen LogP contribution in [-0.2, 0) is 4.57 Å². The van der Waals surface area contributed by atoms with Gasteiger partial charge < -0.3 is 4.57 Å². The highest BCUT2D eigenvalue weighted by atomic mass is 16.4. The standard InChI is InChI=1S/C8H16B2O/c1-3-7(4-1)9-11-10-8-5-2-6-8/h7-10H,1-6H2. The van der Waals surface area contributed by atoms with Gasteiger partial charge >= 0.3 is 0 Å². The molecule has 0 aromatic rings. The van der Waals surface area contributed by atoms with Crippen LogP contribution in [0.1, 0.15) is 38.5 Å². The van der Waals surface area contributed by atoms with Gasteiger partial charge in [-0.25, -0.2) is 0 Å². The van der Waals surface area contributed by atoms with E-state index in [1.807, 2.05) is 0 Å². The Labute approximate surface area is 70.4 Å². The van der Waals surface area contributed by atoms with Crippen LogP contribution in [0.4, 0.5) is 0 Å². The van der Waals surface area contributed by atoms with Crippen molar-refractivity contribution in [3.63, 3.8) is 0 Å². The van der Waals surface area contributed by atoms with E-state index in [9.17, 15) is 0 Å². The summed E-state index contributed by atoms with van der Waals surface area (Å²) in [6.45, 7) is 0. The molecule has 0 amide bonds. The lowest BCUT2D eigenvalue weighted by Gasteiger charge is -2.27. The molecule has 0 heterocycles. The highest BCUT2D eigenvalue weighted by Crippen LogP contribution is 2.33. The maximum absolute atomic E-state index is 5.64. The van der Waals surface area contributed by atoms with Gasteiger partial charge in [0, 0.05) is 0 Å². The SMILES string of the molecule is B(OBC1CCC1)C1CCC1. The molecule has 2 aliphatic carbocycles. The minimum absolute atomic E-state index is 0.926. The summed E-state index contributed by atoms with van der Waals surface area (Å²) in [4.78, 5) is 0. The van der Waals surface area contributed by atoms with Gasteiger partial charge in [0.25, 0.3) is 15.0 Å². The first kappa shape index (κ1) is 7.72. The first-order valence-electron chi connectivity index (χ1n) is 5.03. The quantitative estimate of drug-likeness (QED) is 0.553. The summed E-state index contributed by atoms with van der Waals surface area (Å²) >= 11 is 0. The van der Waals surface area contributed by atoms with E-state index >= 15 is 0 Å². The maximum atomic E-state index is 5.64. The van der Waals surface area contributed by atoms with Crippen molar-refractivity contribution in [2.45, 2.75) is 50.2 Å². The molecule has 2 rings (SSSR count). The minimum atomic E-state index is 0.926. The first-order chi connectivity index (χ1) is 5.45. The van der Waals surface area contributed by atoms with E-state index in [4.69, 9.17) is 4.57 Å². The van der Waals surface area contributed by atoms with Crippen LogP contribution in [-0.4, -0.2) is 15.0 Å². The molecule has 60 valence electrons. The minimum Gasteiger partial charge on any atom is -0.504 e. The molecular formula is C8H16B2O. The molecule has 2 fully saturated rings. The van der Waals surface area contributed by atoms with E-state index < -0.39 is 0 Å². The molecule has 1 nitrogen and oxygen atoms in total. The van der Waals surface area contributed by atoms with Crippen LogP contribution in [0.25, 0.3) is 0 Å². The summed E-state index contributed by atoms with van der Waals surface area (Å²) in [5.41, 5.74) is 0. The fraction of sp³-hybridized carbons (Fsp3) is 1.00. The van der Waals surface area contributed by atoms with Crippen LogP contribution in [0.5, 0.6) is 0 Å². The van der Waals surface area contributed by atoms with Crippen LogP contribution in [0.2, 0.25) is 11.6 Å². The second-order valence-electron chi connectivity index (χ2n) is 4.13. The van der Waals surface area contributed by atoms with Gasteiger partial charge in [0.2, 0.25) is 0 Å². The predicted molar refractivity (Wildman–Crippen MR) is 50.6 cm³/mol. The number of hydrogen-bond acceptors (Lipinski definition) is 1. The largest absolute Gasteiger partial charge is 0.504 e. The zero-order chi connectivity index (χ0) is 7.52. The van der Waals surface area contributed by atoms with Gasteiger partial charge in [0.15, 0.2) is 0 Å². The van der Waals surface area contributed by atoms with Crippen molar-refractivity contribution in [3.8, 4) is 0 Å². The second-order valence-corrected chi connectivity index (χ2v) is 4.13. The fourth-order valence-corrected chi connectivity index (χ4v) is 1.72. The summed E-state index contributed by atoms with van der Waals surface area (Å²) < 4.78 is 5.64. The molecule has 0 bridgehead atoms. The average Bonchev–Trinajstić information content (AvgIpc) is 1.79. The zero-order valence-corrected chi connectivity index (χ0v) is 7.22. The van der Waals surface area contributed by atoms with Gasteiger partial charge in [0.05, 0.1) is 0 Å². The van der Waals surface area contributed by atoms with Gasteiger partial charge in [0.1, 0.15) is 0 Å². The lowest BCUT2D eigenvalue weighted by molar-refractivity contribution is 0.435. The fourth-order valence-electron chi connectivity index (χ4n) is 1.72. The monoisotopic (exact) mass is 150 g/mol. The van der Waals surface area contributed by atoms with Crippen molar-refractivity contribution in [1.82, 2.24) is 0 Å². The van der Waals surface area contributed by atoms with Crippen molar-refractivity contribution >= 4 is 15.0 Å². The molecule has 11 heavy (non-hydrogen) atoms. The summed E-state index contributed by atoms with van der Waals surface area (Å²) in [7, 11) is 2.10. The molecule has 0 radical (unpaired) electrons. The highest BCUT2D eigenvalue weighted by Gasteiger charge is 2.22.